The number of nitrogens with one attached hydrogen (secondary N) is 1. The highest BCUT2D eigenvalue weighted by Gasteiger charge is 2.31. The second kappa shape index (κ2) is 7.29. The molecule has 0 aromatic rings. The summed E-state index contributed by atoms with van der Waals surface area (Å²) in [6, 6.07) is 0. The molecular weight excluding hydrogens is 198 g/mol. The van der Waals surface area contributed by atoms with Crippen LogP contribution in [-0.2, 0) is 4.74 Å². The van der Waals surface area contributed by atoms with Gasteiger partial charge < -0.3 is 10.1 Å². The van der Waals surface area contributed by atoms with Crippen molar-refractivity contribution < 1.29 is 4.74 Å². The second-order valence-electron chi connectivity index (χ2n) is 5.60. The summed E-state index contributed by atoms with van der Waals surface area (Å²) < 4.78 is 5.39. The van der Waals surface area contributed by atoms with Crippen LogP contribution in [0.2, 0.25) is 0 Å². The monoisotopic (exact) mass is 227 g/mol. The van der Waals surface area contributed by atoms with E-state index in [-0.39, 0.29) is 0 Å². The van der Waals surface area contributed by atoms with Crippen molar-refractivity contribution in [3.05, 3.63) is 0 Å². The zero-order valence-corrected chi connectivity index (χ0v) is 11.5. The quantitative estimate of drug-likeness (QED) is 0.753. The molecule has 0 aromatic carbocycles. The molecule has 2 heteroatoms. The topological polar surface area (TPSA) is 21.3 Å². The first kappa shape index (κ1) is 14.0. The van der Waals surface area contributed by atoms with Gasteiger partial charge >= 0.3 is 0 Å². The highest BCUT2D eigenvalue weighted by molar-refractivity contribution is 4.82. The Morgan fingerprint density at radius 3 is 2.56 bits per heavy atom. The molecule has 1 N–H and O–H groups in total. The van der Waals surface area contributed by atoms with Gasteiger partial charge in [-0.15, -0.1) is 0 Å². The van der Waals surface area contributed by atoms with E-state index in [1.165, 1.54) is 25.8 Å². The second-order valence-corrected chi connectivity index (χ2v) is 5.60. The summed E-state index contributed by atoms with van der Waals surface area (Å²) in [7, 11) is 1.84. The Labute approximate surface area is 101 Å². The lowest BCUT2D eigenvalue weighted by molar-refractivity contribution is 0.0626. The van der Waals surface area contributed by atoms with Gasteiger partial charge in [-0.25, -0.2) is 0 Å². The van der Waals surface area contributed by atoms with E-state index in [2.05, 4.69) is 26.1 Å². The molecule has 0 amide bonds. The number of hydrogen-bond donors (Lipinski definition) is 1. The van der Waals surface area contributed by atoms with Gasteiger partial charge in [0.1, 0.15) is 0 Å². The molecular formula is C14H29NO. The van der Waals surface area contributed by atoms with Gasteiger partial charge in [0.2, 0.25) is 0 Å². The minimum Gasteiger partial charge on any atom is -0.384 e. The number of methoxy groups -OCH3 is 1. The number of hydrogen-bond acceptors (Lipinski definition) is 2. The lowest BCUT2D eigenvalue weighted by Crippen LogP contribution is -2.36. The highest BCUT2D eigenvalue weighted by Crippen LogP contribution is 2.37. The van der Waals surface area contributed by atoms with Gasteiger partial charge in [-0.3, -0.25) is 0 Å². The highest BCUT2D eigenvalue weighted by atomic mass is 16.5. The Morgan fingerprint density at radius 2 is 2.00 bits per heavy atom. The zero-order valence-electron chi connectivity index (χ0n) is 11.5. The van der Waals surface area contributed by atoms with Crippen molar-refractivity contribution in [2.75, 3.05) is 26.8 Å². The zero-order chi connectivity index (χ0) is 12.0. The number of rotatable bonds is 6. The average Bonchev–Trinajstić information content (AvgIpc) is 2.27. The largest absolute Gasteiger partial charge is 0.384 e. The van der Waals surface area contributed by atoms with Crippen molar-refractivity contribution in [1.82, 2.24) is 5.32 Å². The van der Waals surface area contributed by atoms with Crippen molar-refractivity contribution in [3.63, 3.8) is 0 Å². The maximum absolute atomic E-state index is 5.39. The van der Waals surface area contributed by atoms with E-state index in [0.717, 1.165) is 36.8 Å². The van der Waals surface area contributed by atoms with Gasteiger partial charge in [-0.05, 0) is 56.0 Å². The molecule has 3 unspecified atom stereocenters. The molecule has 1 aliphatic rings. The molecule has 2 nitrogen and oxygen atoms in total. The molecule has 1 saturated carbocycles. The summed E-state index contributed by atoms with van der Waals surface area (Å²) in [5.41, 5.74) is 0. The van der Waals surface area contributed by atoms with Gasteiger partial charge in [0.25, 0.3) is 0 Å². The van der Waals surface area contributed by atoms with E-state index in [4.69, 9.17) is 4.74 Å². The maximum Gasteiger partial charge on any atom is 0.0493 e. The Hall–Kier alpha value is -0.0800. The van der Waals surface area contributed by atoms with Crippen molar-refractivity contribution >= 4 is 0 Å². The van der Waals surface area contributed by atoms with Crippen LogP contribution >= 0.6 is 0 Å². The van der Waals surface area contributed by atoms with Gasteiger partial charge in [-0.1, -0.05) is 20.8 Å². The molecule has 0 aliphatic heterocycles. The maximum atomic E-state index is 5.39. The lowest BCUT2D eigenvalue weighted by Gasteiger charge is -2.37. The van der Waals surface area contributed by atoms with Gasteiger partial charge in [0, 0.05) is 13.7 Å². The molecule has 3 atom stereocenters. The fraction of sp³-hybridized carbons (Fsp3) is 1.00. The van der Waals surface area contributed by atoms with Gasteiger partial charge in [-0.2, -0.15) is 0 Å². The van der Waals surface area contributed by atoms with E-state index in [1.807, 2.05) is 7.11 Å². The smallest absolute Gasteiger partial charge is 0.0493 e. The minimum atomic E-state index is 0.769. The minimum absolute atomic E-state index is 0.769. The van der Waals surface area contributed by atoms with Crippen LogP contribution < -0.4 is 5.32 Å². The summed E-state index contributed by atoms with van der Waals surface area (Å²) in [5, 5.41) is 3.49. The van der Waals surface area contributed by atoms with Crippen molar-refractivity contribution in [2.24, 2.45) is 23.7 Å². The summed E-state index contributed by atoms with van der Waals surface area (Å²) in [5.74, 6) is 3.34. The van der Waals surface area contributed by atoms with E-state index in [9.17, 15) is 0 Å². The molecule has 16 heavy (non-hydrogen) atoms. The van der Waals surface area contributed by atoms with Crippen LogP contribution in [0.3, 0.4) is 0 Å². The number of ether oxygens (including phenoxy) is 1. The Balaban J connectivity index is 2.45. The van der Waals surface area contributed by atoms with Crippen LogP contribution in [0.15, 0.2) is 0 Å². The Bertz CT molecular complexity index is 182. The van der Waals surface area contributed by atoms with Crippen LogP contribution in [0, 0.1) is 23.7 Å². The van der Waals surface area contributed by atoms with E-state index in [0.29, 0.717) is 0 Å². The molecule has 0 spiro atoms. The van der Waals surface area contributed by atoms with Crippen LogP contribution in [0.4, 0.5) is 0 Å². The summed E-state index contributed by atoms with van der Waals surface area (Å²) in [6.45, 7) is 10.1. The van der Waals surface area contributed by atoms with Crippen molar-refractivity contribution in [3.8, 4) is 0 Å². The average molecular weight is 227 g/mol. The Morgan fingerprint density at radius 1 is 1.25 bits per heavy atom. The molecule has 0 saturated heterocycles. The molecule has 1 aliphatic carbocycles. The van der Waals surface area contributed by atoms with Gasteiger partial charge in [0.05, 0.1) is 0 Å². The lowest BCUT2D eigenvalue weighted by atomic mass is 9.71. The summed E-state index contributed by atoms with van der Waals surface area (Å²) in [6.07, 6.45) is 4.15. The van der Waals surface area contributed by atoms with E-state index in [1.54, 1.807) is 0 Å². The first-order valence-electron chi connectivity index (χ1n) is 6.88. The molecule has 1 fully saturated rings. The van der Waals surface area contributed by atoms with Crippen molar-refractivity contribution in [1.29, 1.82) is 0 Å². The third-order valence-corrected chi connectivity index (χ3v) is 4.16. The molecule has 1 rings (SSSR count). The molecule has 0 aromatic heterocycles. The normalized spacial score (nSPS) is 30.9. The predicted molar refractivity (Wildman–Crippen MR) is 69.6 cm³/mol. The van der Waals surface area contributed by atoms with Crippen LogP contribution in [0.25, 0.3) is 0 Å². The first-order chi connectivity index (χ1) is 7.69. The van der Waals surface area contributed by atoms with Gasteiger partial charge in [0.15, 0.2) is 0 Å². The summed E-state index contributed by atoms with van der Waals surface area (Å²) in [4.78, 5) is 0. The molecule has 0 heterocycles. The third kappa shape index (κ3) is 4.06. The fourth-order valence-corrected chi connectivity index (χ4v) is 2.99. The molecule has 0 radical (unpaired) electrons. The summed E-state index contributed by atoms with van der Waals surface area (Å²) >= 11 is 0. The van der Waals surface area contributed by atoms with E-state index >= 15 is 0 Å². The van der Waals surface area contributed by atoms with Crippen LogP contribution in [-0.4, -0.2) is 26.8 Å². The van der Waals surface area contributed by atoms with Crippen molar-refractivity contribution in [2.45, 2.75) is 40.0 Å². The molecule has 0 bridgehead atoms. The predicted octanol–water partition coefficient (Wildman–Crippen LogP) is 2.93. The standard InChI is InChI=1S/C14H29NO/c1-5-15-9-13-7-6-12(11(2)3)8-14(13)10-16-4/h11-15H,5-10H2,1-4H3. The SMILES string of the molecule is CCNCC1CCC(C(C)C)CC1COC. The van der Waals surface area contributed by atoms with E-state index < -0.39 is 0 Å². The first-order valence-corrected chi connectivity index (χ1v) is 6.88. The third-order valence-electron chi connectivity index (χ3n) is 4.16. The fourth-order valence-electron chi connectivity index (χ4n) is 2.99. The Kier molecular flexibility index (Phi) is 6.37. The van der Waals surface area contributed by atoms with Crippen LogP contribution in [0.5, 0.6) is 0 Å². The molecule has 96 valence electrons. The van der Waals surface area contributed by atoms with Crippen LogP contribution in [0.1, 0.15) is 40.0 Å².